The van der Waals surface area contributed by atoms with E-state index in [0.717, 1.165) is 4.41 Å². The lowest BCUT2D eigenvalue weighted by molar-refractivity contribution is 0.328. The molecule has 4 rings (SSSR count). The Morgan fingerprint density at radius 3 is 2.21 bits per heavy atom. The molecular weight excluding hydrogens is 456 g/mol. The monoisotopic (exact) mass is 482 g/mol. The quantitative estimate of drug-likeness (QED) is 0.477. The van der Waals surface area contributed by atoms with E-state index in [1.54, 1.807) is 75.9 Å². The molecule has 0 spiro atoms. The Hall–Kier alpha value is -3.72. The lowest BCUT2D eigenvalue weighted by Crippen LogP contribution is -2.27. The van der Waals surface area contributed by atoms with Gasteiger partial charge in [0.1, 0.15) is 11.5 Å². The maximum atomic E-state index is 13.7. The first-order valence-electron chi connectivity index (χ1n) is 10.5. The second-order valence-electron chi connectivity index (χ2n) is 7.51. The third kappa shape index (κ3) is 4.14. The highest BCUT2D eigenvalue weighted by molar-refractivity contribution is 7.89. The van der Waals surface area contributed by atoms with Crippen molar-refractivity contribution in [1.29, 1.82) is 0 Å². The van der Waals surface area contributed by atoms with Crippen LogP contribution in [0.15, 0.2) is 76.7 Å². The molecule has 0 bridgehead atoms. The van der Waals surface area contributed by atoms with E-state index in [9.17, 15) is 8.42 Å². The zero-order chi connectivity index (χ0) is 24.3. The van der Waals surface area contributed by atoms with Gasteiger partial charge in [0.2, 0.25) is 0 Å². The van der Waals surface area contributed by atoms with E-state index in [1.165, 1.54) is 7.11 Å². The average Bonchev–Trinajstić information content (AvgIpc) is 3.34. The molecule has 0 N–H and O–H groups in total. The molecule has 0 radical (unpaired) electrons. The molecule has 8 nitrogen and oxygen atoms in total. The molecule has 0 aromatic heterocycles. The van der Waals surface area contributed by atoms with E-state index >= 15 is 0 Å². The third-order valence-electron chi connectivity index (χ3n) is 5.67. The van der Waals surface area contributed by atoms with Gasteiger partial charge < -0.3 is 18.9 Å². The average molecular weight is 483 g/mol. The highest BCUT2D eigenvalue weighted by Crippen LogP contribution is 2.44. The number of benzene rings is 3. The summed E-state index contributed by atoms with van der Waals surface area (Å²) in [4.78, 5) is 0.147. The van der Waals surface area contributed by atoms with Crippen molar-refractivity contribution >= 4 is 15.7 Å². The first kappa shape index (κ1) is 23.4. The standard InChI is InChI=1S/C25H26N2O6S/c1-30-17-13-14-19(24(15-17)32-3)21-16-22(20-11-8-12-23(31-2)25(20)33-4)27(26-21)34(28,29)18-9-6-5-7-10-18/h5-15,22H,16H2,1-4H3/t22-/m1/s1. The Morgan fingerprint density at radius 1 is 0.824 bits per heavy atom. The van der Waals surface area contributed by atoms with Crippen molar-refractivity contribution in [2.24, 2.45) is 5.10 Å². The Labute approximate surface area is 199 Å². The van der Waals surface area contributed by atoms with Gasteiger partial charge in [-0.1, -0.05) is 30.3 Å². The molecule has 3 aromatic carbocycles. The van der Waals surface area contributed by atoms with E-state index < -0.39 is 16.1 Å². The molecule has 34 heavy (non-hydrogen) atoms. The minimum absolute atomic E-state index is 0.147. The van der Waals surface area contributed by atoms with Gasteiger partial charge in [0, 0.05) is 23.6 Å². The molecule has 0 saturated carbocycles. The maximum absolute atomic E-state index is 13.7. The number of hydrogen-bond donors (Lipinski definition) is 0. The minimum Gasteiger partial charge on any atom is -0.497 e. The minimum atomic E-state index is -3.97. The molecular formula is C25H26N2O6S. The van der Waals surface area contributed by atoms with E-state index in [4.69, 9.17) is 18.9 Å². The second-order valence-corrected chi connectivity index (χ2v) is 9.30. The molecule has 1 atom stereocenters. The number of hydrogen-bond acceptors (Lipinski definition) is 7. The normalized spacial score (nSPS) is 15.6. The van der Waals surface area contributed by atoms with Crippen LogP contribution in [-0.4, -0.2) is 47.0 Å². The van der Waals surface area contributed by atoms with Crippen molar-refractivity contribution in [3.05, 3.63) is 77.9 Å². The first-order valence-corrected chi connectivity index (χ1v) is 12.0. The number of para-hydroxylation sites is 1. The van der Waals surface area contributed by atoms with Crippen LogP contribution in [0.25, 0.3) is 0 Å². The van der Waals surface area contributed by atoms with Gasteiger partial charge in [0.25, 0.3) is 10.0 Å². The van der Waals surface area contributed by atoms with E-state index in [2.05, 4.69) is 5.10 Å². The SMILES string of the molecule is COc1ccc(C2=NN(S(=O)(=O)c3ccccc3)[C@@H](c3cccc(OC)c3OC)C2)c(OC)c1. The number of rotatable bonds is 8. The molecule has 0 saturated heterocycles. The summed E-state index contributed by atoms with van der Waals surface area (Å²) < 4.78 is 50.5. The summed E-state index contributed by atoms with van der Waals surface area (Å²) >= 11 is 0. The summed E-state index contributed by atoms with van der Waals surface area (Å²) in [7, 11) is 2.22. The van der Waals surface area contributed by atoms with Gasteiger partial charge in [-0.2, -0.15) is 17.9 Å². The zero-order valence-corrected chi connectivity index (χ0v) is 20.2. The highest BCUT2D eigenvalue weighted by Gasteiger charge is 2.40. The first-order chi connectivity index (χ1) is 16.4. The van der Waals surface area contributed by atoms with Gasteiger partial charge in [0.15, 0.2) is 11.5 Å². The third-order valence-corrected chi connectivity index (χ3v) is 7.37. The van der Waals surface area contributed by atoms with Crippen LogP contribution in [0, 0.1) is 0 Å². The lowest BCUT2D eigenvalue weighted by Gasteiger charge is -2.25. The fourth-order valence-electron chi connectivity index (χ4n) is 4.02. The lowest BCUT2D eigenvalue weighted by atomic mass is 9.97. The van der Waals surface area contributed by atoms with Crippen molar-refractivity contribution in [2.75, 3.05) is 28.4 Å². The molecule has 178 valence electrons. The molecule has 1 aliphatic heterocycles. The van der Waals surface area contributed by atoms with Crippen LogP contribution in [0.3, 0.4) is 0 Å². The van der Waals surface area contributed by atoms with Crippen LogP contribution < -0.4 is 18.9 Å². The summed E-state index contributed by atoms with van der Waals surface area (Å²) in [6, 6.07) is 18.3. The zero-order valence-electron chi connectivity index (χ0n) is 19.4. The van der Waals surface area contributed by atoms with Crippen LogP contribution in [-0.2, 0) is 10.0 Å². The predicted octanol–water partition coefficient (Wildman–Crippen LogP) is 4.26. The molecule has 3 aromatic rings. The topological polar surface area (TPSA) is 86.7 Å². The van der Waals surface area contributed by atoms with Gasteiger partial charge in [-0.25, -0.2) is 0 Å². The highest BCUT2D eigenvalue weighted by atomic mass is 32.2. The Balaban J connectivity index is 1.88. The summed E-state index contributed by atoms with van der Waals surface area (Å²) in [6.45, 7) is 0. The van der Waals surface area contributed by atoms with E-state index in [0.29, 0.717) is 46.3 Å². The van der Waals surface area contributed by atoms with Crippen molar-refractivity contribution in [2.45, 2.75) is 17.4 Å². The van der Waals surface area contributed by atoms with Crippen LogP contribution >= 0.6 is 0 Å². The predicted molar refractivity (Wildman–Crippen MR) is 128 cm³/mol. The number of hydrazone groups is 1. The smallest absolute Gasteiger partial charge is 0.279 e. The largest absolute Gasteiger partial charge is 0.497 e. The number of nitrogens with zero attached hydrogens (tertiary/aromatic N) is 2. The van der Waals surface area contributed by atoms with E-state index in [-0.39, 0.29) is 4.90 Å². The molecule has 0 unspecified atom stereocenters. The fraction of sp³-hybridized carbons (Fsp3) is 0.240. The summed E-state index contributed by atoms with van der Waals surface area (Å²) in [6.07, 6.45) is 0.304. The Morgan fingerprint density at radius 2 is 1.56 bits per heavy atom. The Bertz CT molecular complexity index is 1310. The fourth-order valence-corrected chi connectivity index (χ4v) is 5.46. The molecule has 0 fully saturated rings. The van der Waals surface area contributed by atoms with Crippen LogP contribution in [0.2, 0.25) is 0 Å². The van der Waals surface area contributed by atoms with E-state index in [1.807, 2.05) is 12.1 Å². The number of sulfonamides is 1. The van der Waals surface area contributed by atoms with Gasteiger partial charge in [-0.3, -0.25) is 0 Å². The van der Waals surface area contributed by atoms with Gasteiger partial charge >= 0.3 is 0 Å². The molecule has 1 aliphatic rings. The summed E-state index contributed by atoms with van der Waals surface area (Å²) in [5, 5.41) is 4.60. The maximum Gasteiger partial charge on any atom is 0.279 e. The molecule has 0 aliphatic carbocycles. The van der Waals surface area contributed by atoms with Crippen LogP contribution in [0.5, 0.6) is 23.0 Å². The van der Waals surface area contributed by atoms with Crippen molar-refractivity contribution in [3.8, 4) is 23.0 Å². The van der Waals surface area contributed by atoms with Crippen molar-refractivity contribution in [1.82, 2.24) is 4.41 Å². The summed E-state index contributed by atoms with van der Waals surface area (Å²) in [5.41, 5.74) is 1.89. The van der Waals surface area contributed by atoms with Gasteiger partial charge in [-0.15, -0.1) is 0 Å². The van der Waals surface area contributed by atoms with Crippen molar-refractivity contribution < 1.29 is 27.4 Å². The number of methoxy groups -OCH3 is 4. The molecule has 0 amide bonds. The van der Waals surface area contributed by atoms with Crippen LogP contribution in [0.1, 0.15) is 23.6 Å². The molecule has 1 heterocycles. The summed E-state index contributed by atoms with van der Waals surface area (Å²) in [5.74, 6) is 2.13. The molecule has 9 heteroatoms. The Kier molecular flexibility index (Phi) is 6.65. The van der Waals surface area contributed by atoms with Crippen LogP contribution in [0.4, 0.5) is 0 Å². The van der Waals surface area contributed by atoms with Crippen molar-refractivity contribution in [3.63, 3.8) is 0 Å². The second kappa shape index (κ2) is 9.64. The van der Waals surface area contributed by atoms with Gasteiger partial charge in [0.05, 0.1) is 45.1 Å². The van der Waals surface area contributed by atoms with Gasteiger partial charge in [-0.05, 0) is 30.3 Å². The number of ether oxygens (including phenoxy) is 4.